The van der Waals surface area contributed by atoms with Crippen molar-refractivity contribution >= 4 is 28.7 Å². The fraction of sp³-hybridized carbons (Fsp3) is 0.500. The fourth-order valence-electron chi connectivity index (χ4n) is 2.76. The number of nitrogens with zero attached hydrogens (tertiary/aromatic N) is 2. The van der Waals surface area contributed by atoms with Crippen LogP contribution in [0.25, 0.3) is 11.0 Å². The second-order valence-corrected chi connectivity index (χ2v) is 7.04. The molecule has 5 nitrogen and oxygen atoms in total. The highest BCUT2D eigenvalue weighted by atomic mass is 35.5. The van der Waals surface area contributed by atoms with Crippen molar-refractivity contribution in [2.24, 2.45) is 0 Å². The van der Waals surface area contributed by atoms with Crippen LogP contribution in [0.5, 0.6) is 0 Å². The van der Waals surface area contributed by atoms with Gasteiger partial charge in [0.05, 0.1) is 5.02 Å². The van der Waals surface area contributed by atoms with Crippen LogP contribution < -0.4 is 0 Å². The summed E-state index contributed by atoms with van der Waals surface area (Å²) in [6, 6.07) is 1.93. The summed E-state index contributed by atoms with van der Waals surface area (Å²) >= 11 is 6.05. The smallest absolute Gasteiger partial charge is 0.410 e. The van der Waals surface area contributed by atoms with Crippen LogP contribution in [0.3, 0.4) is 0 Å². The van der Waals surface area contributed by atoms with Gasteiger partial charge in [0, 0.05) is 36.8 Å². The molecule has 0 saturated heterocycles. The summed E-state index contributed by atoms with van der Waals surface area (Å²) in [5, 5.41) is 1.68. The fourth-order valence-corrected chi connectivity index (χ4v) is 2.92. The van der Waals surface area contributed by atoms with Crippen LogP contribution >= 0.6 is 11.6 Å². The van der Waals surface area contributed by atoms with Gasteiger partial charge in [0.25, 0.3) is 0 Å². The predicted molar refractivity (Wildman–Crippen MR) is 86.3 cm³/mol. The van der Waals surface area contributed by atoms with Crippen molar-refractivity contribution in [1.82, 2.24) is 14.9 Å². The van der Waals surface area contributed by atoms with Crippen LogP contribution in [-0.4, -0.2) is 39.7 Å². The van der Waals surface area contributed by atoms with Gasteiger partial charge in [-0.05, 0) is 38.8 Å². The molecular weight excluding hydrogens is 302 g/mol. The molecule has 0 unspecified atom stereocenters. The Hall–Kier alpha value is -1.75. The van der Waals surface area contributed by atoms with E-state index in [2.05, 4.69) is 9.97 Å². The number of hydrogen-bond donors (Lipinski definition) is 1. The van der Waals surface area contributed by atoms with E-state index in [1.165, 1.54) is 5.56 Å². The lowest BCUT2D eigenvalue weighted by Crippen LogP contribution is -2.38. The Morgan fingerprint density at radius 1 is 1.36 bits per heavy atom. The van der Waals surface area contributed by atoms with Gasteiger partial charge in [-0.25, -0.2) is 9.78 Å². The number of H-pyrrole nitrogens is 1. The molecule has 0 fully saturated rings. The average molecular weight is 322 g/mol. The first kappa shape index (κ1) is 15.2. The van der Waals surface area contributed by atoms with E-state index in [1.54, 1.807) is 11.1 Å². The van der Waals surface area contributed by atoms with Gasteiger partial charge in [-0.2, -0.15) is 0 Å². The van der Waals surface area contributed by atoms with Crippen molar-refractivity contribution < 1.29 is 9.53 Å². The van der Waals surface area contributed by atoms with Crippen LogP contribution in [-0.2, 0) is 17.6 Å². The normalized spacial score (nSPS) is 15.5. The minimum Gasteiger partial charge on any atom is -0.444 e. The van der Waals surface area contributed by atoms with Gasteiger partial charge in [-0.1, -0.05) is 11.6 Å². The first-order chi connectivity index (χ1) is 10.3. The first-order valence-electron chi connectivity index (χ1n) is 7.46. The Morgan fingerprint density at radius 3 is 2.82 bits per heavy atom. The number of rotatable bonds is 0. The summed E-state index contributed by atoms with van der Waals surface area (Å²) in [5.41, 5.74) is 2.73. The Morgan fingerprint density at radius 2 is 2.09 bits per heavy atom. The molecule has 1 aliphatic rings. The highest BCUT2D eigenvalue weighted by Gasteiger charge is 2.25. The molecule has 118 valence electrons. The Kier molecular flexibility index (Phi) is 3.77. The second-order valence-electron chi connectivity index (χ2n) is 6.60. The molecular formula is C16H20ClN3O2. The number of aromatic amines is 1. The molecule has 0 radical (unpaired) electrons. The minimum atomic E-state index is -0.470. The maximum atomic E-state index is 12.2. The van der Waals surface area contributed by atoms with Gasteiger partial charge in [0.2, 0.25) is 0 Å². The molecule has 22 heavy (non-hydrogen) atoms. The largest absolute Gasteiger partial charge is 0.444 e. The van der Waals surface area contributed by atoms with E-state index < -0.39 is 5.60 Å². The molecule has 2 aromatic heterocycles. The highest BCUT2D eigenvalue weighted by molar-refractivity contribution is 6.31. The number of hydrogen-bond acceptors (Lipinski definition) is 3. The lowest BCUT2D eigenvalue weighted by molar-refractivity contribution is 0.0258. The maximum absolute atomic E-state index is 12.2. The van der Waals surface area contributed by atoms with Gasteiger partial charge in [-0.15, -0.1) is 0 Å². The first-order valence-corrected chi connectivity index (χ1v) is 7.84. The third kappa shape index (κ3) is 3.04. The minimum absolute atomic E-state index is 0.252. The van der Waals surface area contributed by atoms with E-state index >= 15 is 0 Å². The topological polar surface area (TPSA) is 58.2 Å². The van der Waals surface area contributed by atoms with Crippen molar-refractivity contribution in [3.8, 4) is 0 Å². The van der Waals surface area contributed by atoms with Gasteiger partial charge in [0.15, 0.2) is 0 Å². The SMILES string of the molecule is CC(C)(C)OC(=O)N1CCc2[nH]c3ncc(Cl)cc3c2CC1. The molecule has 0 saturated carbocycles. The molecule has 3 heterocycles. The second kappa shape index (κ2) is 5.47. The van der Waals surface area contributed by atoms with Crippen LogP contribution in [0.2, 0.25) is 5.02 Å². The molecule has 1 aliphatic heterocycles. The van der Waals surface area contributed by atoms with Gasteiger partial charge >= 0.3 is 6.09 Å². The molecule has 0 aliphatic carbocycles. The van der Waals surface area contributed by atoms with E-state index in [0.717, 1.165) is 29.6 Å². The predicted octanol–water partition coefficient (Wildman–Crippen LogP) is 3.55. The Bertz CT molecular complexity index is 718. The van der Waals surface area contributed by atoms with Crippen molar-refractivity contribution in [3.05, 3.63) is 28.5 Å². The lowest BCUT2D eigenvalue weighted by atomic mass is 10.1. The molecule has 0 bridgehead atoms. The summed E-state index contributed by atoms with van der Waals surface area (Å²) in [5.74, 6) is 0. The summed E-state index contributed by atoms with van der Waals surface area (Å²) in [6.45, 7) is 6.93. The lowest BCUT2D eigenvalue weighted by Gasteiger charge is -2.26. The van der Waals surface area contributed by atoms with Crippen LogP contribution in [0.1, 0.15) is 32.0 Å². The van der Waals surface area contributed by atoms with E-state index in [9.17, 15) is 4.79 Å². The number of nitrogens with one attached hydrogen (secondary N) is 1. The number of amides is 1. The average Bonchev–Trinajstić information content (AvgIpc) is 2.61. The molecule has 2 aromatic rings. The van der Waals surface area contributed by atoms with E-state index in [4.69, 9.17) is 16.3 Å². The van der Waals surface area contributed by atoms with E-state index in [1.807, 2.05) is 26.8 Å². The highest BCUT2D eigenvalue weighted by Crippen LogP contribution is 2.27. The van der Waals surface area contributed by atoms with Crippen molar-refractivity contribution in [1.29, 1.82) is 0 Å². The third-order valence-electron chi connectivity index (χ3n) is 3.73. The third-order valence-corrected chi connectivity index (χ3v) is 3.93. The van der Waals surface area contributed by atoms with Crippen LogP contribution in [0, 0.1) is 0 Å². The molecule has 1 N–H and O–H groups in total. The van der Waals surface area contributed by atoms with E-state index in [0.29, 0.717) is 18.1 Å². The zero-order chi connectivity index (χ0) is 15.9. The molecule has 0 atom stereocenters. The molecule has 0 aromatic carbocycles. The number of aromatic nitrogens is 2. The van der Waals surface area contributed by atoms with Crippen molar-refractivity contribution in [2.75, 3.05) is 13.1 Å². The summed E-state index contributed by atoms with van der Waals surface area (Å²) in [6.07, 6.45) is 2.93. The summed E-state index contributed by atoms with van der Waals surface area (Å²) < 4.78 is 5.46. The standard InChI is InChI=1S/C16H20ClN3O2/c1-16(2,3)22-15(21)20-6-4-11-12-8-10(17)9-18-14(12)19-13(11)5-7-20/h8-9H,4-7H2,1-3H3,(H,18,19). The van der Waals surface area contributed by atoms with Crippen LogP contribution in [0.15, 0.2) is 12.3 Å². The number of fused-ring (bicyclic) bond motifs is 3. The number of carbonyl (C=O) groups is 1. The summed E-state index contributed by atoms with van der Waals surface area (Å²) in [7, 11) is 0. The Balaban J connectivity index is 1.81. The van der Waals surface area contributed by atoms with Crippen molar-refractivity contribution in [3.63, 3.8) is 0 Å². The quantitative estimate of drug-likeness (QED) is 0.807. The molecule has 6 heteroatoms. The van der Waals surface area contributed by atoms with Gasteiger partial charge in [0.1, 0.15) is 11.2 Å². The zero-order valence-corrected chi connectivity index (χ0v) is 13.8. The molecule has 1 amide bonds. The van der Waals surface area contributed by atoms with E-state index in [-0.39, 0.29) is 6.09 Å². The van der Waals surface area contributed by atoms with Gasteiger partial charge in [-0.3, -0.25) is 0 Å². The summed E-state index contributed by atoms with van der Waals surface area (Å²) in [4.78, 5) is 21.7. The number of carbonyl (C=O) groups excluding carboxylic acids is 1. The zero-order valence-electron chi connectivity index (χ0n) is 13.1. The molecule has 3 rings (SSSR count). The number of ether oxygens (including phenoxy) is 1. The monoisotopic (exact) mass is 321 g/mol. The van der Waals surface area contributed by atoms with Gasteiger partial charge < -0.3 is 14.6 Å². The Labute approximate surface area is 134 Å². The van der Waals surface area contributed by atoms with Crippen molar-refractivity contribution in [2.45, 2.75) is 39.2 Å². The number of halogens is 1. The van der Waals surface area contributed by atoms with Crippen LogP contribution in [0.4, 0.5) is 4.79 Å². The maximum Gasteiger partial charge on any atom is 0.410 e. The molecule has 0 spiro atoms. The number of pyridine rings is 1.